The molecule has 0 saturated carbocycles. The van der Waals surface area contributed by atoms with Crippen LogP contribution in [-0.4, -0.2) is 31.4 Å². The molecule has 6 heteroatoms. The molecule has 0 bridgehead atoms. The van der Waals surface area contributed by atoms with Crippen molar-refractivity contribution >= 4 is 76.2 Å². The molecule has 0 spiro atoms. The van der Waals surface area contributed by atoms with Gasteiger partial charge in [0.1, 0.15) is 5.82 Å². The molecule has 0 saturated heterocycles. The minimum Gasteiger partial charge on any atom is -0.346 e. The van der Waals surface area contributed by atoms with Crippen LogP contribution in [0, 0.1) is 0 Å². The second kappa shape index (κ2) is 28.5. The van der Waals surface area contributed by atoms with Crippen molar-refractivity contribution in [2.24, 2.45) is 4.99 Å². The van der Waals surface area contributed by atoms with Gasteiger partial charge in [0, 0.05) is 117 Å². The number of benzene rings is 3. The molecule has 0 atom stereocenters. The molecule has 3 aromatic carbocycles. The Morgan fingerprint density at radius 1 is 0.652 bits per heavy atom. The Hall–Kier alpha value is -10.7. The quantitative estimate of drug-likeness (QED) is 0.0471. The molecule has 3 aromatic heterocycles. The zero-order valence-electron chi connectivity index (χ0n) is 54.0. The standard InChI is InChI=1S/C86H82N6/c1-9-13-22-38-62(5)72-44-33-34-48-77-75-47-27-17-18-30-52-82(75)92(86(77)85(72)88(8)67-39-23-15-14-16-24-40-67)84(12-4)87-66(59-64(7)65-54-56-69(57-55-65)91-80-50-31-20-28-45-73(80)74-46-29-21-32-51-81(74)91)60-90-78(37-10-2)70(11-3)76-58-53-63(6)71-43-35-36-49-79(71)89(61-83(76)90)68-41-25-19-26-42-68/h9-23,25-26,28-38,40-43,45-47,49,53-59H,1-2,6,24,39,44,48,50-52,60-61H2,3-5,7-8H3/b16-14?,22-13-,23-15-,30-18-,34-33-,58-53-,62-38+,64-59+,67-40+,70-11-,78-37+,84-12+,85-72-,87-66+. The monoisotopic (exact) mass is 1200 g/mol. The highest BCUT2D eigenvalue weighted by Gasteiger charge is 2.32. The Kier molecular flexibility index (Phi) is 19.0. The summed E-state index contributed by atoms with van der Waals surface area (Å²) in [6.07, 6.45) is 71.4. The Balaban J connectivity index is 1.11. The second-order valence-corrected chi connectivity index (χ2v) is 23.8. The highest BCUT2D eigenvalue weighted by atomic mass is 15.2. The molecule has 4 heterocycles. The number of nitrogens with zero attached hydrogens (tertiary/aromatic N) is 6. The third-order valence-corrected chi connectivity index (χ3v) is 18.2. The van der Waals surface area contributed by atoms with Gasteiger partial charge in [-0.15, -0.1) is 5.73 Å². The lowest BCUT2D eigenvalue weighted by Gasteiger charge is -2.31. The van der Waals surface area contributed by atoms with Crippen molar-refractivity contribution in [2.75, 3.05) is 11.9 Å². The molecule has 0 amide bonds. The van der Waals surface area contributed by atoms with Crippen molar-refractivity contribution in [1.29, 1.82) is 0 Å². The van der Waals surface area contributed by atoms with Gasteiger partial charge in [-0.3, -0.25) is 4.57 Å². The number of hydrogen-bond donors (Lipinski definition) is 0. The number of rotatable bonds is 14. The van der Waals surface area contributed by atoms with E-state index in [1.54, 1.807) is 0 Å². The molecule has 1 aliphatic heterocycles. The van der Waals surface area contributed by atoms with E-state index in [2.05, 4.69) is 321 Å². The first kappa shape index (κ1) is 61.6. The zero-order valence-corrected chi connectivity index (χ0v) is 54.0. The second-order valence-electron chi connectivity index (χ2n) is 23.8. The van der Waals surface area contributed by atoms with E-state index in [0.29, 0.717) is 19.5 Å². The van der Waals surface area contributed by atoms with E-state index >= 15 is 0 Å². The smallest absolute Gasteiger partial charge is 0.133 e. The van der Waals surface area contributed by atoms with Gasteiger partial charge in [-0.05, 0) is 141 Å². The summed E-state index contributed by atoms with van der Waals surface area (Å²) < 4.78 is 7.49. The minimum absolute atomic E-state index is 0.431. The van der Waals surface area contributed by atoms with Gasteiger partial charge in [0.2, 0.25) is 0 Å². The van der Waals surface area contributed by atoms with E-state index < -0.39 is 0 Å². The van der Waals surface area contributed by atoms with Gasteiger partial charge in [0.25, 0.3) is 0 Å². The van der Waals surface area contributed by atoms with Crippen LogP contribution < -0.4 is 15.5 Å². The first-order chi connectivity index (χ1) is 45.2. The first-order valence-corrected chi connectivity index (χ1v) is 32.4. The third-order valence-electron chi connectivity index (χ3n) is 18.2. The molecule has 6 aliphatic rings. The number of allylic oxidation sites excluding steroid dienone is 28. The summed E-state index contributed by atoms with van der Waals surface area (Å²) in [5, 5.41) is 2.18. The van der Waals surface area contributed by atoms with Crippen LogP contribution in [-0.2, 0) is 38.8 Å². The predicted molar refractivity (Wildman–Crippen MR) is 396 cm³/mol. The number of fused-ring (bicyclic) bond motifs is 8. The molecule has 5 aliphatic carbocycles. The fourth-order valence-electron chi connectivity index (χ4n) is 13.7. The van der Waals surface area contributed by atoms with E-state index in [1.165, 1.54) is 50.5 Å². The summed E-state index contributed by atoms with van der Waals surface area (Å²) in [4.78, 5) is 11.1. The van der Waals surface area contributed by atoms with Gasteiger partial charge in [-0.25, -0.2) is 4.99 Å². The molecule has 92 heavy (non-hydrogen) atoms. The van der Waals surface area contributed by atoms with Crippen LogP contribution in [0.25, 0.3) is 64.8 Å². The molecular formula is C86H82N6. The molecule has 0 radical (unpaired) electrons. The normalized spacial score (nSPS) is 19.6. The molecule has 12 rings (SSSR count). The first-order valence-electron chi connectivity index (χ1n) is 32.4. The van der Waals surface area contributed by atoms with Gasteiger partial charge in [0.05, 0.1) is 30.2 Å². The van der Waals surface area contributed by atoms with Crippen LogP contribution in [0.15, 0.2) is 272 Å². The molecule has 6 nitrogen and oxygen atoms in total. The van der Waals surface area contributed by atoms with E-state index in [4.69, 9.17) is 4.99 Å². The fraction of sp³-hybridized carbons (Fsp3) is 0.163. The van der Waals surface area contributed by atoms with Crippen LogP contribution >= 0.6 is 0 Å². The fourth-order valence-corrected chi connectivity index (χ4v) is 13.7. The molecule has 0 N–H and O–H groups in total. The van der Waals surface area contributed by atoms with E-state index in [9.17, 15) is 0 Å². The Labute approximate surface area is 545 Å². The SMILES string of the molecule is C=C\C=C/C=C(C)/C1=C(\N(C)/C2=C/CC=C/C=C\C2)c2c(c3c(n2C(=C/C)/N=C(\C=C(/C)c2ccc(-n4c5c(c6c4CC=CC=C6)C=CC=CC5)cc2)Cn2c4c(c(=C/C)/c2=C\C=C)/C=C\C(=C)c2ccccc2N(c2ccccc2)C4)C/C=C\C=C=C3)C/C=C\C1. The maximum Gasteiger partial charge on any atom is 0.133 e. The van der Waals surface area contributed by atoms with Crippen molar-refractivity contribution in [1.82, 2.24) is 18.6 Å². The maximum absolute atomic E-state index is 6.15. The van der Waals surface area contributed by atoms with Gasteiger partial charge in [0.15, 0.2) is 0 Å². The van der Waals surface area contributed by atoms with Gasteiger partial charge in [-0.1, -0.05) is 220 Å². The Bertz CT molecular complexity index is 4600. The van der Waals surface area contributed by atoms with E-state index in [1.807, 2.05) is 24.3 Å². The van der Waals surface area contributed by atoms with Crippen molar-refractivity contribution < 1.29 is 0 Å². The van der Waals surface area contributed by atoms with E-state index in [-0.39, 0.29) is 0 Å². The van der Waals surface area contributed by atoms with Crippen molar-refractivity contribution in [2.45, 2.75) is 85.7 Å². The number of para-hydroxylation sites is 2. The van der Waals surface area contributed by atoms with Crippen LogP contribution in [0.1, 0.15) is 114 Å². The molecular weight excluding hydrogens is 1120 g/mol. The predicted octanol–water partition coefficient (Wildman–Crippen LogP) is 19.4. The largest absolute Gasteiger partial charge is 0.346 e. The highest BCUT2D eigenvalue weighted by molar-refractivity contribution is 6.03. The van der Waals surface area contributed by atoms with Crippen LogP contribution in [0.2, 0.25) is 0 Å². The van der Waals surface area contributed by atoms with Gasteiger partial charge < -0.3 is 18.9 Å². The Morgan fingerprint density at radius 2 is 1.36 bits per heavy atom. The lowest BCUT2D eigenvalue weighted by molar-refractivity contribution is 0.567. The summed E-state index contributed by atoms with van der Waals surface area (Å²) in [7, 11) is 2.27. The number of aromatic nitrogens is 3. The van der Waals surface area contributed by atoms with Crippen LogP contribution in [0.5, 0.6) is 0 Å². The average molecular weight is 1200 g/mol. The lowest BCUT2D eigenvalue weighted by Crippen LogP contribution is -2.32. The van der Waals surface area contributed by atoms with E-state index in [0.717, 1.165) is 128 Å². The van der Waals surface area contributed by atoms with Gasteiger partial charge >= 0.3 is 0 Å². The molecule has 6 aromatic rings. The maximum atomic E-state index is 6.15. The minimum atomic E-state index is 0.431. The Morgan fingerprint density at radius 3 is 2.11 bits per heavy atom. The summed E-state index contributed by atoms with van der Waals surface area (Å²) in [5.41, 5.74) is 29.0. The molecule has 0 fully saturated rings. The third kappa shape index (κ3) is 12.5. The van der Waals surface area contributed by atoms with Gasteiger partial charge in [-0.2, -0.15) is 0 Å². The van der Waals surface area contributed by atoms with Crippen molar-refractivity contribution in [3.8, 4) is 5.69 Å². The molecule has 0 unspecified atom stereocenters. The number of aliphatic imine (C=N–C) groups is 1. The van der Waals surface area contributed by atoms with Crippen molar-refractivity contribution in [3.63, 3.8) is 0 Å². The summed E-state index contributed by atoms with van der Waals surface area (Å²) in [5.74, 6) is 0.834. The topological polar surface area (TPSA) is 33.6 Å². The number of hydrogen-bond acceptors (Lipinski definition) is 3. The molecule has 456 valence electrons. The van der Waals surface area contributed by atoms with Crippen molar-refractivity contribution in [3.05, 3.63) is 345 Å². The van der Waals surface area contributed by atoms with Crippen LogP contribution in [0.3, 0.4) is 0 Å². The lowest BCUT2D eigenvalue weighted by atomic mass is 9.92. The zero-order chi connectivity index (χ0) is 63.5. The average Bonchev–Trinajstić information content (AvgIpc) is 1.59. The number of anilines is 2. The summed E-state index contributed by atoms with van der Waals surface area (Å²) in [6, 6.07) is 28.6. The van der Waals surface area contributed by atoms with Crippen LogP contribution in [0.4, 0.5) is 11.4 Å². The summed E-state index contributed by atoms with van der Waals surface area (Å²) >= 11 is 0. The summed E-state index contributed by atoms with van der Waals surface area (Å²) in [6.45, 7) is 22.8. The highest BCUT2D eigenvalue weighted by Crippen LogP contribution is 2.43.